The summed E-state index contributed by atoms with van der Waals surface area (Å²) in [5.74, 6) is 2.40. The van der Waals surface area contributed by atoms with Crippen LogP contribution in [0.1, 0.15) is 11.1 Å². The molecule has 1 heterocycles. The van der Waals surface area contributed by atoms with Crippen molar-refractivity contribution in [2.24, 2.45) is 0 Å². The molecule has 5 nitrogen and oxygen atoms in total. The maximum absolute atomic E-state index is 11.8. The van der Waals surface area contributed by atoms with E-state index in [1.807, 2.05) is 62.4 Å². The van der Waals surface area contributed by atoms with E-state index < -0.39 is 0 Å². The van der Waals surface area contributed by atoms with Gasteiger partial charge < -0.3 is 5.32 Å². The molecule has 6 heteroatoms. The molecule has 0 radical (unpaired) electrons. The number of nitrogens with one attached hydrogen (secondary N) is 1. The van der Waals surface area contributed by atoms with Gasteiger partial charge in [0.1, 0.15) is 11.4 Å². The van der Waals surface area contributed by atoms with Gasteiger partial charge in [-0.15, -0.1) is 16.6 Å². The normalized spacial score (nSPS) is 10.3. The SMILES string of the molecule is C#CCNC(=O)CSc1nnc(-c2ccc(C)cc2)c(-c2ccc(C)cc2)n1. The molecule has 0 aliphatic carbocycles. The molecule has 0 atom stereocenters. The van der Waals surface area contributed by atoms with Crippen LogP contribution < -0.4 is 5.32 Å². The highest BCUT2D eigenvalue weighted by Gasteiger charge is 2.14. The number of amides is 1. The van der Waals surface area contributed by atoms with Gasteiger partial charge in [-0.3, -0.25) is 4.79 Å². The number of carbonyl (C=O) groups excluding carboxylic acids is 1. The lowest BCUT2D eigenvalue weighted by molar-refractivity contribution is -0.118. The average Bonchev–Trinajstić information content (AvgIpc) is 2.72. The second kappa shape index (κ2) is 9.16. The minimum absolute atomic E-state index is 0.161. The Bertz CT molecular complexity index is 1010. The van der Waals surface area contributed by atoms with E-state index >= 15 is 0 Å². The van der Waals surface area contributed by atoms with Gasteiger partial charge in [0.05, 0.1) is 12.3 Å². The van der Waals surface area contributed by atoms with Crippen molar-refractivity contribution in [2.75, 3.05) is 12.3 Å². The van der Waals surface area contributed by atoms with Crippen LogP contribution in [0.3, 0.4) is 0 Å². The van der Waals surface area contributed by atoms with Gasteiger partial charge in [0, 0.05) is 11.1 Å². The summed E-state index contributed by atoms with van der Waals surface area (Å²) in [7, 11) is 0. The summed E-state index contributed by atoms with van der Waals surface area (Å²) >= 11 is 1.23. The lowest BCUT2D eigenvalue weighted by Gasteiger charge is -2.10. The quantitative estimate of drug-likeness (QED) is 0.516. The number of carbonyl (C=O) groups is 1. The topological polar surface area (TPSA) is 67.8 Å². The molecule has 0 aliphatic heterocycles. The van der Waals surface area contributed by atoms with Gasteiger partial charge >= 0.3 is 0 Å². The molecule has 0 fully saturated rings. The summed E-state index contributed by atoms with van der Waals surface area (Å²) in [4.78, 5) is 16.5. The van der Waals surface area contributed by atoms with Crippen LogP contribution in [0.2, 0.25) is 0 Å². The van der Waals surface area contributed by atoms with Crippen LogP contribution >= 0.6 is 11.8 Å². The van der Waals surface area contributed by atoms with Crippen LogP contribution in [0.5, 0.6) is 0 Å². The van der Waals surface area contributed by atoms with Crippen molar-refractivity contribution < 1.29 is 4.79 Å². The lowest BCUT2D eigenvalue weighted by Crippen LogP contribution is -2.25. The Morgan fingerprint density at radius 3 is 2.11 bits per heavy atom. The minimum atomic E-state index is -0.161. The fraction of sp³-hybridized carbons (Fsp3) is 0.182. The molecule has 0 aliphatic rings. The van der Waals surface area contributed by atoms with Gasteiger partial charge in [-0.25, -0.2) is 4.98 Å². The van der Waals surface area contributed by atoms with Gasteiger partial charge in [0.15, 0.2) is 0 Å². The monoisotopic (exact) mass is 388 g/mol. The second-order valence-electron chi connectivity index (χ2n) is 6.29. The highest BCUT2D eigenvalue weighted by molar-refractivity contribution is 7.99. The number of hydrogen-bond acceptors (Lipinski definition) is 5. The Morgan fingerprint density at radius 2 is 1.54 bits per heavy atom. The molecule has 0 saturated carbocycles. The zero-order valence-corrected chi connectivity index (χ0v) is 16.6. The van der Waals surface area contributed by atoms with Crippen LogP contribution in [0.15, 0.2) is 53.7 Å². The Balaban J connectivity index is 1.94. The average molecular weight is 388 g/mol. The van der Waals surface area contributed by atoms with Gasteiger partial charge in [0.25, 0.3) is 0 Å². The lowest BCUT2D eigenvalue weighted by atomic mass is 10.0. The van der Waals surface area contributed by atoms with E-state index in [-0.39, 0.29) is 18.2 Å². The maximum Gasteiger partial charge on any atom is 0.231 e. The molecular formula is C22H20N4OS. The Morgan fingerprint density at radius 1 is 0.964 bits per heavy atom. The van der Waals surface area contributed by atoms with Gasteiger partial charge in [-0.1, -0.05) is 77.3 Å². The minimum Gasteiger partial charge on any atom is -0.344 e. The van der Waals surface area contributed by atoms with Gasteiger partial charge in [-0.2, -0.15) is 0 Å². The number of benzene rings is 2. The van der Waals surface area contributed by atoms with E-state index in [0.29, 0.717) is 10.9 Å². The standard InChI is InChI=1S/C22H20N4OS/c1-4-13-23-19(27)14-28-22-24-20(17-9-5-15(2)6-10-17)21(25-26-22)18-11-7-16(3)8-12-18/h1,5-12H,13-14H2,2-3H3,(H,23,27). The predicted octanol–water partition coefficient (Wildman–Crippen LogP) is 3.66. The maximum atomic E-state index is 11.8. The largest absolute Gasteiger partial charge is 0.344 e. The Labute approximate surface area is 169 Å². The van der Waals surface area contributed by atoms with Crippen molar-refractivity contribution in [1.82, 2.24) is 20.5 Å². The highest BCUT2D eigenvalue weighted by Crippen LogP contribution is 2.30. The van der Waals surface area contributed by atoms with Crippen LogP contribution in [-0.2, 0) is 4.79 Å². The van der Waals surface area contributed by atoms with E-state index in [4.69, 9.17) is 11.4 Å². The molecule has 1 aromatic heterocycles. The number of aryl methyl sites for hydroxylation is 2. The van der Waals surface area contributed by atoms with Gasteiger partial charge in [-0.05, 0) is 13.8 Å². The molecule has 0 unspecified atom stereocenters. The van der Waals surface area contributed by atoms with Crippen molar-refractivity contribution >= 4 is 17.7 Å². The van der Waals surface area contributed by atoms with Crippen LogP contribution in [0.25, 0.3) is 22.5 Å². The van der Waals surface area contributed by atoms with Crippen molar-refractivity contribution in [3.8, 4) is 34.9 Å². The molecular weight excluding hydrogens is 368 g/mol. The van der Waals surface area contributed by atoms with E-state index in [9.17, 15) is 4.79 Å². The van der Waals surface area contributed by atoms with Crippen LogP contribution in [0, 0.1) is 26.2 Å². The summed E-state index contributed by atoms with van der Waals surface area (Å²) < 4.78 is 0. The predicted molar refractivity (Wildman–Crippen MR) is 113 cm³/mol. The van der Waals surface area contributed by atoms with E-state index in [0.717, 1.165) is 16.8 Å². The molecule has 3 aromatic rings. The first-order valence-electron chi connectivity index (χ1n) is 8.78. The van der Waals surface area contributed by atoms with Crippen molar-refractivity contribution in [1.29, 1.82) is 0 Å². The van der Waals surface area contributed by atoms with Crippen molar-refractivity contribution in [2.45, 2.75) is 19.0 Å². The molecule has 28 heavy (non-hydrogen) atoms. The summed E-state index contributed by atoms with van der Waals surface area (Å²) in [6.45, 7) is 4.29. The molecule has 1 amide bonds. The molecule has 2 aromatic carbocycles. The zero-order chi connectivity index (χ0) is 19.9. The Hall–Kier alpha value is -3.17. The fourth-order valence-corrected chi connectivity index (χ4v) is 3.14. The Kier molecular flexibility index (Phi) is 6.41. The van der Waals surface area contributed by atoms with Crippen LogP contribution in [0.4, 0.5) is 0 Å². The number of nitrogens with zero attached hydrogens (tertiary/aromatic N) is 3. The summed E-state index contributed by atoms with van der Waals surface area (Å²) in [5.41, 5.74) is 5.70. The van der Waals surface area contributed by atoms with Crippen molar-refractivity contribution in [3.05, 3.63) is 59.7 Å². The van der Waals surface area contributed by atoms with Crippen LogP contribution in [-0.4, -0.2) is 33.4 Å². The van der Waals surface area contributed by atoms with E-state index in [1.165, 1.54) is 22.9 Å². The first-order chi connectivity index (χ1) is 13.6. The van der Waals surface area contributed by atoms with E-state index in [2.05, 4.69) is 21.4 Å². The van der Waals surface area contributed by atoms with E-state index in [1.54, 1.807) is 0 Å². The second-order valence-corrected chi connectivity index (χ2v) is 7.24. The fourth-order valence-electron chi connectivity index (χ4n) is 2.52. The molecule has 0 saturated heterocycles. The molecule has 140 valence electrons. The molecule has 1 N–H and O–H groups in total. The highest BCUT2D eigenvalue weighted by atomic mass is 32.2. The molecule has 0 bridgehead atoms. The summed E-state index contributed by atoms with van der Waals surface area (Å²) in [6, 6.07) is 16.2. The first-order valence-corrected chi connectivity index (χ1v) is 9.77. The summed E-state index contributed by atoms with van der Waals surface area (Å²) in [6.07, 6.45) is 5.15. The number of thioether (sulfide) groups is 1. The smallest absolute Gasteiger partial charge is 0.231 e. The third-order valence-electron chi connectivity index (χ3n) is 4.04. The third kappa shape index (κ3) is 4.96. The molecule has 0 spiro atoms. The zero-order valence-electron chi connectivity index (χ0n) is 15.8. The number of rotatable bonds is 6. The number of terminal acetylenes is 1. The summed E-state index contributed by atoms with van der Waals surface area (Å²) in [5, 5.41) is 11.7. The van der Waals surface area contributed by atoms with Gasteiger partial charge in [0.2, 0.25) is 11.1 Å². The third-order valence-corrected chi connectivity index (χ3v) is 4.87. The van der Waals surface area contributed by atoms with Crippen molar-refractivity contribution in [3.63, 3.8) is 0 Å². The first kappa shape index (κ1) is 19.6. The number of aromatic nitrogens is 3. The molecule has 3 rings (SSSR count). The number of hydrogen-bond donors (Lipinski definition) is 1.